The van der Waals surface area contributed by atoms with Gasteiger partial charge in [-0.3, -0.25) is 0 Å². The molecule has 5 heteroatoms. The first kappa shape index (κ1) is 12.1. The van der Waals surface area contributed by atoms with E-state index in [2.05, 4.69) is 34.3 Å². The minimum atomic E-state index is 0.536. The van der Waals surface area contributed by atoms with Crippen molar-refractivity contribution in [3.8, 4) is 0 Å². The van der Waals surface area contributed by atoms with Crippen molar-refractivity contribution >= 4 is 11.6 Å². The summed E-state index contributed by atoms with van der Waals surface area (Å²) in [6.45, 7) is 2.29. The molecule has 2 heterocycles. The first-order valence-electron chi connectivity index (χ1n) is 6.06. The number of likely N-dealkylation sites (tertiary alicyclic amines) is 1. The Hall–Kier alpha value is -1.33. The first-order valence-corrected chi connectivity index (χ1v) is 6.06. The number of nitrogens with zero attached hydrogens (tertiary/aromatic N) is 3. The number of pyridine rings is 1. The van der Waals surface area contributed by atoms with Gasteiger partial charge in [0, 0.05) is 19.6 Å². The quantitative estimate of drug-likeness (QED) is 0.602. The minimum absolute atomic E-state index is 0.536. The van der Waals surface area contributed by atoms with E-state index in [0.29, 0.717) is 11.9 Å². The summed E-state index contributed by atoms with van der Waals surface area (Å²) in [4.78, 5) is 9.08. The highest BCUT2D eigenvalue weighted by molar-refractivity contribution is 5.46. The van der Waals surface area contributed by atoms with Crippen LogP contribution in [0.25, 0.3) is 0 Å². The maximum absolute atomic E-state index is 5.38. The van der Waals surface area contributed by atoms with Gasteiger partial charge in [-0.1, -0.05) is 6.07 Å². The zero-order chi connectivity index (χ0) is 12.3. The van der Waals surface area contributed by atoms with E-state index in [9.17, 15) is 0 Å². The molecule has 1 atom stereocenters. The van der Waals surface area contributed by atoms with Crippen molar-refractivity contribution in [2.45, 2.75) is 18.9 Å². The van der Waals surface area contributed by atoms with Crippen molar-refractivity contribution in [1.82, 2.24) is 9.88 Å². The van der Waals surface area contributed by atoms with Gasteiger partial charge in [0.1, 0.15) is 11.6 Å². The van der Waals surface area contributed by atoms with Crippen LogP contribution in [0, 0.1) is 0 Å². The van der Waals surface area contributed by atoms with Crippen molar-refractivity contribution in [1.29, 1.82) is 0 Å². The van der Waals surface area contributed by atoms with Crippen molar-refractivity contribution in [3.05, 3.63) is 18.2 Å². The molecule has 3 N–H and O–H groups in total. The molecule has 1 aromatic heterocycles. The summed E-state index contributed by atoms with van der Waals surface area (Å²) in [6.07, 6.45) is 2.48. The van der Waals surface area contributed by atoms with Crippen LogP contribution in [0.4, 0.5) is 11.6 Å². The molecule has 1 aliphatic heterocycles. The van der Waals surface area contributed by atoms with Gasteiger partial charge < -0.3 is 15.2 Å². The molecule has 0 radical (unpaired) electrons. The van der Waals surface area contributed by atoms with Gasteiger partial charge in [-0.15, -0.1) is 0 Å². The zero-order valence-corrected chi connectivity index (χ0v) is 10.6. The number of nitrogens with one attached hydrogen (secondary N) is 1. The molecule has 0 aromatic carbocycles. The van der Waals surface area contributed by atoms with Gasteiger partial charge in [-0.2, -0.15) is 0 Å². The van der Waals surface area contributed by atoms with Gasteiger partial charge in [0.05, 0.1) is 0 Å². The first-order chi connectivity index (χ1) is 8.20. The van der Waals surface area contributed by atoms with E-state index in [1.54, 1.807) is 0 Å². The number of hydrazine groups is 1. The molecule has 0 saturated carbocycles. The summed E-state index contributed by atoms with van der Waals surface area (Å²) in [7, 11) is 4.28. The second-order valence-corrected chi connectivity index (χ2v) is 4.69. The molecule has 5 nitrogen and oxygen atoms in total. The fraction of sp³-hybridized carbons (Fsp3) is 0.583. The summed E-state index contributed by atoms with van der Waals surface area (Å²) in [5.41, 5.74) is 2.59. The van der Waals surface area contributed by atoms with E-state index in [4.69, 9.17) is 5.84 Å². The SMILES string of the molecule is CN1CCCC(N(C)c2cccc(NN)n2)C1. The number of aromatic nitrogens is 1. The van der Waals surface area contributed by atoms with E-state index in [1.807, 2.05) is 18.2 Å². The fourth-order valence-electron chi connectivity index (χ4n) is 2.34. The van der Waals surface area contributed by atoms with Crippen LogP contribution in [0.3, 0.4) is 0 Å². The molecule has 1 unspecified atom stereocenters. The molecule has 1 aromatic rings. The smallest absolute Gasteiger partial charge is 0.142 e. The molecule has 0 aliphatic carbocycles. The Bertz CT molecular complexity index is 368. The lowest BCUT2D eigenvalue weighted by Gasteiger charge is -2.36. The van der Waals surface area contributed by atoms with Gasteiger partial charge in [-0.25, -0.2) is 10.8 Å². The normalized spacial score (nSPS) is 21.2. The molecule has 1 saturated heterocycles. The number of hydrogen-bond acceptors (Lipinski definition) is 5. The number of piperidine rings is 1. The summed E-state index contributed by atoms with van der Waals surface area (Å²) in [5.74, 6) is 7.06. The van der Waals surface area contributed by atoms with Crippen molar-refractivity contribution in [3.63, 3.8) is 0 Å². The molecule has 0 amide bonds. The van der Waals surface area contributed by atoms with Gasteiger partial charge in [0.15, 0.2) is 0 Å². The Morgan fingerprint density at radius 2 is 2.35 bits per heavy atom. The Balaban J connectivity index is 2.09. The molecule has 1 aliphatic rings. The van der Waals surface area contributed by atoms with Crippen LogP contribution in [-0.4, -0.2) is 43.1 Å². The van der Waals surface area contributed by atoms with E-state index < -0.39 is 0 Å². The zero-order valence-electron chi connectivity index (χ0n) is 10.6. The lowest BCUT2D eigenvalue weighted by atomic mass is 10.1. The molecule has 94 valence electrons. The van der Waals surface area contributed by atoms with Gasteiger partial charge in [-0.05, 0) is 38.6 Å². The molecular weight excluding hydrogens is 214 g/mol. The molecular formula is C12H21N5. The highest BCUT2D eigenvalue weighted by Gasteiger charge is 2.21. The second kappa shape index (κ2) is 5.33. The number of rotatable bonds is 3. The highest BCUT2D eigenvalue weighted by Crippen LogP contribution is 2.20. The predicted molar refractivity (Wildman–Crippen MR) is 71.0 cm³/mol. The van der Waals surface area contributed by atoms with E-state index in [0.717, 1.165) is 12.4 Å². The van der Waals surface area contributed by atoms with Crippen LogP contribution in [-0.2, 0) is 0 Å². The van der Waals surface area contributed by atoms with E-state index in [1.165, 1.54) is 19.4 Å². The Morgan fingerprint density at radius 1 is 1.53 bits per heavy atom. The van der Waals surface area contributed by atoms with Crippen molar-refractivity contribution in [2.24, 2.45) is 5.84 Å². The Morgan fingerprint density at radius 3 is 3.06 bits per heavy atom. The lowest BCUT2D eigenvalue weighted by molar-refractivity contribution is 0.247. The van der Waals surface area contributed by atoms with Crippen LogP contribution in [0.5, 0.6) is 0 Å². The molecule has 0 spiro atoms. The summed E-state index contributed by atoms with van der Waals surface area (Å²) in [6, 6.07) is 6.40. The molecule has 17 heavy (non-hydrogen) atoms. The number of hydrogen-bond donors (Lipinski definition) is 2. The number of anilines is 2. The summed E-state index contributed by atoms with van der Waals surface area (Å²) in [5, 5.41) is 0. The Labute approximate surface area is 103 Å². The third-order valence-corrected chi connectivity index (χ3v) is 3.39. The predicted octanol–water partition coefficient (Wildman–Crippen LogP) is 0.898. The van der Waals surface area contributed by atoms with Crippen LogP contribution in [0.2, 0.25) is 0 Å². The number of nitrogens with two attached hydrogens (primary N) is 1. The lowest BCUT2D eigenvalue weighted by Crippen LogP contribution is -2.45. The van der Waals surface area contributed by atoms with Gasteiger partial charge >= 0.3 is 0 Å². The Kier molecular flexibility index (Phi) is 3.81. The minimum Gasteiger partial charge on any atom is -0.355 e. The van der Waals surface area contributed by atoms with Crippen LogP contribution in [0.1, 0.15) is 12.8 Å². The molecule has 1 fully saturated rings. The van der Waals surface area contributed by atoms with Crippen LogP contribution < -0.4 is 16.2 Å². The van der Waals surface area contributed by atoms with Crippen molar-refractivity contribution < 1.29 is 0 Å². The average molecular weight is 235 g/mol. The van der Waals surface area contributed by atoms with Crippen molar-refractivity contribution in [2.75, 3.05) is 37.5 Å². The largest absolute Gasteiger partial charge is 0.355 e. The standard InChI is InChI=1S/C12H21N5/c1-16-8-4-5-10(9-16)17(2)12-7-3-6-11(14-12)15-13/h3,6-7,10H,4-5,8-9,13H2,1-2H3,(H,14,15). The summed E-state index contributed by atoms with van der Waals surface area (Å²) >= 11 is 0. The van der Waals surface area contributed by atoms with Crippen LogP contribution in [0.15, 0.2) is 18.2 Å². The average Bonchev–Trinajstić information content (AvgIpc) is 2.38. The number of likely N-dealkylation sites (N-methyl/N-ethyl adjacent to an activating group) is 2. The summed E-state index contributed by atoms with van der Waals surface area (Å²) < 4.78 is 0. The molecule has 2 rings (SSSR count). The third-order valence-electron chi connectivity index (χ3n) is 3.39. The molecule has 0 bridgehead atoms. The van der Waals surface area contributed by atoms with Gasteiger partial charge in [0.25, 0.3) is 0 Å². The van der Waals surface area contributed by atoms with Crippen LogP contribution >= 0.6 is 0 Å². The van der Waals surface area contributed by atoms with E-state index in [-0.39, 0.29) is 0 Å². The highest BCUT2D eigenvalue weighted by atomic mass is 15.3. The fourth-order valence-corrected chi connectivity index (χ4v) is 2.34. The maximum atomic E-state index is 5.38. The number of nitrogen functional groups attached to an aromatic ring is 1. The second-order valence-electron chi connectivity index (χ2n) is 4.69. The van der Waals surface area contributed by atoms with Gasteiger partial charge in [0.2, 0.25) is 0 Å². The van der Waals surface area contributed by atoms with E-state index >= 15 is 0 Å². The topological polar surface area (TPSA) is 57.4 Å². The maximum Gasteiger partial charge on any atom is 0.142 e. The third kappa shape index (κ3) is 2.87. The monoisotopic (exact) mass is 235 g/mol.